The molecule has 198 valence electrons. The summed E-state index contributed by atoms with van der Waals surface area (Å²) in [4.78, 5) is 39.9. The third-order valence-electron chi connectivity index (χ3n) is 6.90. The second-order valence-corrected chi connectivity index (χ2v) is 10.3. The highest BCUT2D eigenvalue weighted by Crippen LogP contribution is 2.32. The first-order valence-corrected chi connectivity index (χ1v) is 13.7. The molecule has 6 aromatic rings. The topological polar surface area (TPSA) is 94.7 Å². The number of hydrogen-bond donors (Lipinski definition) is 1. The van der Waals surface area contributed by atoms with Gasteiger partial charge in [-0.2, -0.15) is 0 Å². The van der Waals surface area contributed by atoms with Crippen molar-refractivity contribution < 1.29 is 0 Å². The summed E-state index contributed by atoms with van der Waals surface area (Å²) in [5.41, 5.74) is 6.22. The molecule has 1 atom stereocenters. The van der Waals surface area contributed by atoms with Crippen molar-refractivity contribution >= 4 is 27.9 Å². The fraction of sp³-hybridized carbons (Fsp3) is 0.129. The Kier molecular flexibility index (Phi) is 6.57. The van der Waals surface area contributed by atoms with Gasteiger partial charge in [-0.05, 0) is 54.6 Å². The monoisotopic (exact) mass is 546 g/mol. The van der Waals surface area contributed by atoms with E-state index >= 15 is 0 Å². The first kappa shape index (κ1) is 25.4. The summed E-state index contributed by atoms with van der Waals surface area (Å²) in [6.07, 6.45) is 3.54. The summed E-state index contributed by atoms with van der Waals surface area (Å²) in [7, 11) is 1.71. The number of aryl methyl sites for hydroxylation is 2. The standard InChI is InChI=1S/C31H26N6O2S/c1-19(34-30-25(15-32-20(2)35-30)26-17-40-18-33-26)27-14-21-8-7-11-24(22-12-13-28(38)36(3)16-22)29(21)31(39)37(27)23-9-5-4-6-10-23/h4-19H,1-3H3,(H,32,34,35)/t19-/m0/s1. The molecule has 8 nitrogen and oxygen atoms in total. The van der Waals surface area contributed by atoms with E-state index < -0.39 is 0 Å². The van der Waals surface area contributed by atoms with Gasteiger partial charge in [-0.15, -0.1) is 11.3 Å². The predicted molar refractivity (Wildman–Crippen MR) is 160 cm³/mol. The maximum absolute atomic E-state index is 14.4. The minimum atomic E-state index is -0.301. The van der Waals surface area contributed by atoms with Crippen LogP contribution in [0, 0.1) is 6.92 Å². The summed E-state index contributed by atoms with van der Waals surface area (Å²) in [6.45, 7) is 3.86. The Bertz CT molecular complexity index is 1960. The van der Waals surface area contributed by atoms with Crippen LogP contribution in [0.25, 0.3) is 38.8 Å². The van der Waals surface area contributed by atoms with Gasteiger partial charge in [0.1, 0.15) is 11.6 Å². The molecule has 0 saturated heterocycles. The fourth-order valence-electron chi connectivity index (χ4n) is 4.93. The van der Waals surface area contributed by atoms with E-state index in [1.807, 2.05) is 73.8 Å². The van der Waals surface area contributed by atoms with Crippen LogP contribution in [-0.2, 0) is 7.05 Å². The lowest BCUT2D eigenvalue weighted by Crippen LogP contribution is -2.26. The van der Waals surface area contributed by atoms with Crippen molar-refractivity contribution in [2.45, 2.75) is 19.9 Å². The molecule has 0 aliphatic carbocycles. The van der Waals surface area contributed by atoms with E-state index in [-0.39, 0.29) is 17.2 Å². The number of anilines is 1. The molecule has 0 fully saturated rings. The van der Waals surface area contributed by atoms with Crippen molar-refractivity contribution in [1.29, 1.82) is 0 Å². The average molecular weight is 547 g/mol. The zero-order valence-electron chi connectivity index (χ0n) is 22.2. The second-order valence-electron chi connectivity index (χ2n) is 9.60. The van der Waals surface area contributed by atoms with Crippen molar-refractivity contribution in [1.82, 2.24) is 24.1 Å². The molecule has 0 spiro atoms. The molecule has 1 N–H and O–H groups in total. The maximum atomic E-state index is 14.4. The van der Waals surface area contributed by atoms with E-state index in [1.165, 1.54) is 22.0 Å². The highest BCUT2D eigenvalue weighted by molar-refractivity contribution is 7.07. The van der Waals surface area contributed by atoms with E-state index in [0.29, 0.717) is 17.0 Å². The molecule has 4 heterocycles. The van der Waals surface area contributed by atoms with Gasteiger partial charge in [0.15, 0.2) is 0 Å². The smallest absolute Gasteiger partial charge is 0.263 e. The molecule has 4 aromatic heterocycles. The van der Waals surface area contributed by atoms with Crippen LogP contribution >= 0.6 is 11.3 Å². The maximum Gasteiger partial charge on any atom is 0.263 e. The van der Waals surface area contributed by atoms with E-state index in [2.05, 4.69) is 20.3 Å². The molecule has 2 aromatic carbocycles. The Morgan fingerprint density at radius 1 is 0.950 bits per heavy atom. The molecule has 0 amide bonds. The normalized spacial score (nSPS) is 12.0. The molecular formula is C31H26N6O2S. The zero-order chi connectivity index (χ0) is 27.8. The first-order valence-electron chi connectivity index (χ1n) is 12.8. The van der Waals surface area contributed by atoms with Crippen LogP contribution in [0.5, 0.6) is 0 Å². The van der Waals surface area contributed by atoms with E-state index in [9.17, 15) is 9.59 Å². The minimum Gasteiger partial charge on any atom is -0.361 e. The van der Waals surface area contributed by atoms with E-state index in [1.54, 1.807) is 35.6 Å². The number of aromatic nitrogens is 5. The van der Waals surface area contributed by atoms with Gasteiger partial charge in [0.05, 0.1) is 28.2 Å². The summed E-state index contributed by atoms with van der Waals surface area (Å²) >= 11 is 1.51. The van der Waals surface area contributed by atoms with Crippen LogP contribution in [-0.4, -0.2) is 24.1 Å². The Hall–Kier alpha value is -4.89. The lowest BCUT2D eigenvalue weighted by Gasteiger charge is -2.23. The van der Waals surface area contributed by atoms with Crippen LogP contribution in [0.3, 0.4) is 0 Å². The predicted octanol–water partition coefficient (Wildman–Crippen LogP) is 5.75. The average Bonchev–Trinajstić information content (AvgIpc) is 3.49. The number of fused-ring (bicyclic) bond motifs is 1. The molecule has 0 unspecified atom stereocenters. The van der Waals surface area contributed by atoms with E-state index in [4.69, 9.17) is 0 Å². The van der Waals surface area contributed by atoms with Crippen molar-refractivity contribution in [3.8, 4) is 28.1 Å². The summed E-state index contributed by atoms with van der Waals surface area (Å²) in [6, 6.07) is 20.4. The van der Waals surface area contributed by atoms with Gasteiger partial charge >= 0.3 is 0 Å². The highest BCUT2D eigenvalue weighted by Gasteiger charge is 2.21. The SMILES string of the molecule is Cc1ncc(-c2cscn2)c(N[C@@H](C)c2cc3cccc(-c4ccc(=O)n(C)c4)c3c(=O)n2-c2ccccc2)n1. The molecule has 40 heavy (non-hydrogen) atoms. The largest absolute Gasteiger partial charge is 0.361 e. The van der Waals surface area contributed by atoms with Gasteiger partial charge in [0.2, 0.25) is 5.56 Å². The molecule has 0 aliphatic heterocycles. The molecule has 6 rings (SSSR count). The van der Waals surface area contributed by atoms with Crippen LogP contribution in [0.15, 0.2) is 99.6 Å². The number of para-hydroxylation sites is 1. The number of nitrogens with zero attached hydrogens (tertiary/aromatic N) is 5. The Morgan fingerprint density at radius 2 is 1.77 bits per heavy atom. The number of benzene rings is 2. The van der Waals surface area contributed by atoms with Crippen molar-refractivity contribution in [3.05, 3.63) is 122 Å². The Balaban J connectivity index is 1.56. The fourth-order valence-corrected chi connectivity index (χ4v) is 5.48. The molecule has 9 heteroatoms. The van der Waals surface area contributed by atoms with Gasteiger partial charge in [0, 0.05) is 42.3 Å². The van der Waals surface area contributed by atoms with Crippen LogP contribution in [0.1, 0.15) is 24.5 Å². The summed E-state index contributed by atoms with van der Waals surface area (Å²) < 4.78 is 3.27. The highest BCUT2D eigenvalue weighted by atomic mass is 32.1. The molecular weight excluding hydrogens is 520 g/mol. The third kappa shape index (κ3) is 4.60. The summed E-state index contributed by atoms with van der Waals surface area (Å²) in [5.74, 6) is 1.28. The summed E-state index contributed by atoms with van der Waals surface area (Å²) in [5, 5.41) is 6.89. The van der Waals surface area contributed by atoms with Crippen LogP contribution in [0.2, 0.25) is 0 Å². The number of pyridine rings is 2. The number of hydrogen-bond acceptors (Lipinski definition) is 7. The Labute approximate surface area is 234 Å². The third-order valence-corrected chi connectivity index (χ3v) is 7.49. The molecule has 0 radical (unpaired) electrons. The van der Waals surface area contributed by atoms with Crippen molar-refractivity contribution in [2.75, 3.05) is 5.32 Å². The van der Waals surface area contributed by atoms with Crippen molar-refractivity contribution in [2.24, 2.45) is 7.05 Å². The first-order chi connectivity index (χ1) is 19.4. The molecule has 0 saturated carbocycles. The van der Waals surface area contributed by atoms with Gasteiger partial charge in [0.25, 0.3) is 5.56 Å². The van der Waals surface area contributed by atoms with Gasteiger partial charge < -0.3 is 9.88 Å². The van der Waals surface area contributed by atoms with Gasteiger partial charge in [-0.25, -0.2) is 15.0 Å². The zero-order valence-corrected chi connectivity index (χ0v) is 23.0. The van der Waals surface area contributed by atoms with Crippen molar-refractivity contribution in [3.63, 3.8) is 0 Å². The van der Waals surface area contributed by atoms with Gasteiger partial charge in [-0.3, -0.25) is 14.2 Å². The second kappa shape index (κ2) is 10.3. The quantitative estimate of drug-likeness (QED) is 0.286. The number of thiazole rings is 1. The van der Waals surface area contributed by atoms with Crippen LogP contribution in [0.4, 0.5) is 5.82 Å². The van der Waals surface area contributed by atoms with E-state index in [0.717, 1.165) is 39.2 Å². The lowest BCUT2D eigenvalue weighted by molar-refractivity contribution is 0.772. The molecule has 0 bridgehead atoms. The lowest BCUT2D eigenvalue weighted by atomic mass is 9.98. The number of nitrogens with one attached hydrogen (secondary N) is 1. The number of rotatable bonds is 6. The van der Waals surface area contributed by atoms with Gasteiger partial charge in [-0.1, -0.05) is 36.4 Å². The minimum absolute atomic E-state index is 0.107. The Morgan fingerprint density at radius 3 is 2.52 bits per heavy atom. The molecule has 0 aliphatic rings. The van der Waals surface area contributed by atoms with Crippen LogP contribution < -0.4 is 16.4 Å².